The van der Waals surface area contributed by atoms with Crippen LogP contribution < -0.4 is 10.2 Å². The van der Waals surface area contributed by atoms with Crippen LogP contribution in [0.25, 0.3) is 0 Å². The second-order valence-corrected chi connectivity index (χ2v) is 6.12. The van der Waals surface area contributed by atoms with E-state index in [1.54, 1.807) is 43.3 Å². The molecular weight excluding hydrogens is 392 g/mol. The summed E-state index contributed by atoms with van der Waals surface area (Å²) in [5.41, 5.74) is 3.43. The third-order valence-electron chi connectivity index (χ3n) is 4.03. The number of methoxy groups -OCH3 is 1. The predicted octanol–water partition coefficient (Wildman–Crippen LogP) is 2.53. The summed E-state index contributed by atoms with van der Waals surface area (Å²) in [4.78, 5) is 36.3. The monoisotopic (exact) mass is 416 g/mol. The van der Waals surface area contributed by atoms with Crippen molar-refractivity contribution in [3.8, 4) is 5.75 Å². The fourth-order valence-corrected chi connectivity index (χ4v) is 2.66. The number of carboxylic acids is 1. The molecule has 2 aromatic carbocycles. The lowest BCUT2D eigenvalue weighted by Gasteiger charge is -2.28. The Morgan fingerprint density at radius 3 is 2.27 bits per heavy atom. The molecule has 2 aromatic rings. The molecule has 9 heteroatoms. The van der Waals surface area contributed by atoms with Gasteiger partial charge in [-0.2, -0.15) is 5.01 Å². The van der Waals surface area contributed by atoms with Crippen LogP contribution in [0.3, 0.4) is 0 Å². The first-order valence-corrected chi connectivity index (χ1v) is 9.21. The molecule has 0 heterocycles. The largest absolute Gasteiger partial charge is 0.497 e. The van der Waals surface area contributed by atoms with E-state index in [1.165, 1.54) is 19.2 Å². The number of benzene rings is 2. The number of rotatable bonds is 10. The third kappa shape index (κ3) is 6.78. The van der Waals surface area contributed by atoms with Gasteiger partial charge in [-0.15, -0.1) is 0 Å². The van der Waals surface area contributed by atoms with Gasteiger partial charge >= 0.3 is 18.0 Å². The zero-order valence-electron chi connectivity index (χ0n) is 16.7. The smallest absolute Gasteiger partial charge is 0.422 e. The fourth-order valence-electron chi connectivity index (χ4n) is 2.66. The quantitative estimate of drug-likeness (QED) is 0.449. The normalized spacial score (nSPS) is 11.4. The van der Waals surface area contributed by atoms with Gasteiger partial charge < -0.3 is 19.3 Å². The van der Waals surface area contributed by atoms with Crippen LogP contribution in [0.4, 0.5) is 4.79 Å². The summed E-state index contributed by atoms with van der Waals surface area (Å²) in [5, 5.41) is 10.7. The third-order valence-corrected chi connectivity index (χ3v) is 4.03. The lowest BCUT2D eigenvalue weighted by molar-refractivity contribution is -0.151. The van der Waals surface area contributed by atoms with Gasteiger partial charge in [-0.05, 0) is 30.2 Å². The van der Waals surface area contributed by atoms with Gasteiger partial charge in [-0.1, -0.05) is 42.5 Å². The van der Waals surface area contributed by atoms with Crippen molar-refractivity contribution in [2.45, 2.75) is 19.6 Å². The number of hydrazine groups is 1. The Morgan fingerprint density at radius 1 is 1.03 bits per heavy atom. The molecule has 0 spiro atoms. The Bertz CT molecular complexity index is 840. The minimum Gasteiger partial charge on any atom is -0.497 e. The molecule has 0 fully saturated rings. The Kier molecular flexibility index (Phi) is 8.64. The number of carbonyl (C=O) groups is 3. The second-order valence-electron chi connectivity index (χ2n) is 6.12. The fraction of sp³-hybridized carbons (Fsp3) is 0.286. The van der Waals surface area contributed by atoms with Crippen molar-refractivity contribution < 1.29 is 33.7 Å². The maximum Gasteiger partial charge on any atom is 0.422 e. The van der Waals surface area contributed by atoms with E-state index < -0.39 is 30.6 Å². The number of ether oxygens (including phenoxy) is 3. The molecule has 0 saturated heterocycles. The zero-order valence-corrected chi connectivity index (χ0v) is 16.7. The first kappa shape index (κ1) is 22.7. The SMILES string of the molecule is CCOC(=O)CN(NC(=O)OCc1ccccc1)C(C(=O)O)c1ccc(OC)cc1. The molecule has 1 atom stereocenters. The average molecular weight is 416 g/mol. The van der Waals surface area contributed by atoms with Gasteiger partial charge in [0, 0.05) is 0 Å². The first-order chi connectivity index (χ1) is 14.4. The Hall–Kier alpha value is -3.59. The number of hydrogen-bond acceptors (Lipinski definition) is 7. The molecule has 1 amide bonds. The summed E-state index contributed by atoms with van der Waals surface area (Å²) in [6.07, 6.45) is -0.900. The van der Waals surface area contributed by atoms with Gasteiger partial charge in [0.2, 0.25) is 0 Å². The molecule has 160 valence electrons. The number of nitrogens with zero attached hydrogens (tertiary/aromatic N) is 1. The lowest BCUT2D eigenvalue weighted by Crippen LogP contribution is -2.49. The number of carbonyl (C=O) groups excluding carboxylic acids is 2. The minimum absolute atomic E-state index is 0.0137. The van der Waals surface area contributed by atoms with Crippen molar-refractivity contribution in [2.75, 3.05) is 20.3 Å². The Balaban J connectivity index is 2.18. The maximum atomic E-state index is 12.3. The summed E-state index contributed by atoms with van der Waals surface area (Å²) in [6, 6.07) is 13.9. The van der Waals surface area contributed by atoms with Gasteiger partial charge in [0.25, 0.3) is 0 Å². The van der Waals surface area contributed by atoms with Gasteiger partial charge in [0.05, 0.1) is 13.7 Å². The van der Waals surface area contributed by atoms with Crippen LogP contribution in [-0.4, -0.2) is 48.4 Å². The molecule has 2 rings (SSSR count). The predicted molar refractivity (Wildman–Crippen MR) is 106 cm³/mol. The van der Waals surface area contributed by atoms with Crippen LogP contribution in [0.15, 0.2) is 54.6 Å². The van der Waals surface area contributed by atoms with Gasteiger partial charge in [0.15, 0.2) is 6.04 Å². The van der Waals surface area contributed by atoms with Gasteiger partial charge in [-0.3, -0.25) is 15.0 Å². The van der Waals surface area contributed by atoms with Crippen molar-refractivity contribution in [1.29, 1.82) is 0 Å². The van der Waals surface area contributed by atoms with E-state index in [0.29, 0.717) is 11.3 Å². The van der Waals surface area contributed by atoms with E-state index in [-0.39, 0.29) is 13.2 Å². The van der Waals surface area contributed by atoms with Crippen LogP contribution in [0.1, 0.15) is 24.1 Å². The highest BCUT2D eigenvalue weighted by molar-refractivity contribution is 5.79. The van der Waals surface area contributed by atoms with Crippen LogP contribution in [0.5, 0.6) is 5.75 Å². The summed E-state index contributed by atoms with van der Waals surface area (Å²) >= 11 is 0. The molecule has 1 unspecified atom stereocenters. The average Bonchev–Trinajstić information content (AvgIpc) is 2.73. The highest BCUT2D eigenvalue weighted by atomic mass is 16.6. The maximum absolute atomic E-state index is 12.3. The molecule has 0 aromatic heterocycles. The molecular formula is C21H24N2O7. The van der Waals surface area contributed by atoms with Crippen molar-refractivity contribution >= 4 is 18.0 Å². The number of nitrogens with one attached hydrogen (secondary N) is 1. The Morgan fingerprint density at radius 2 is 1.70 bits per heavy atom. The Labute approximate surface area is 174 Å². The van der Waals surface area contributed by atoms with Crippen molar-refractivity contribution in [1.82, 2.24) is 10.4 Å². The number of carboxylic acid groups (broad SMARTS) is 1. The van der Waals surface area contributed by atoms with Crippen LogP contribution in [0, 0.1) is 0 Å². The summed E-state index contributed by atoms with van der Waals surface area (Å²) in [5.74, 6) is -1.43. The molecule has 0 bridgehead atoms. The molecule has 0 aliphatic heterocycles. The van der Waals surface area contributed by atoms with Crippen molar-refractivity contribution in [3.05, 3.63) is 65.7 Å². The van der Waals surface area contributed by atoms with E-state index in [0.717, 1.165) is 10.6 Å². The lowest BCUT2D eigenvalue weighted by atomic mass is 10.1. The highest BCUT2D eigenvalue weighted by Gasteiger charge is 2.31. The first-order valence-electron chi connectivity index (χ1n) is 9.21. The van der Waals surface area contributed by atoms with E-state index in [1.807, 2.05) is 6.07 Å². The highest BCUT2D eigenvalue weighted by Crippen LogP contribution is 2.22. The van der Waals surface area contributed by atoms with E-state index in [4.69, 9.17) is 14.2 Å². The second kappa shape index (κ2) is 11.4. The van der Waals surface area contributed by atoms with Crippen LogP contribution in [0.2, 0.25) is 0 Å². The molecule has 2 N–H and O–H groups in total. The topological polar surface area (TPSA) is 114 Å². The summed E-state index contributed by atoms with van der Waals surface area (Å²) in [6.45, 7) is 1.24. The number of amides is 1. The van der Waals surface area contributed by atoms with Crippen LogP contribution >= 0.6 is 0 Å². The molecule has 0 aliphatic carbocycles. The number of hydrogen-bond donors (Lipinski definition) is 2. The zero-order chi connectivity index (χ0) is 21.9. The van der Waals surface area contributed by atoms with E-state index in [2.05, 4.69) is 5.43 Å². The molecule has 0 aliphatic rings. The molecule has 30 heavy (non-hydrogen) atoms. The molecule has 0 saturated carbocycles. The van der Waals surface area contributed by atoms with Gasteiger partial charge in [-0.25, -0.2) is 4.79 Å². The van der Waals surface area contributed by atoms with E-state index >= 15 is 0 Å². The van der Waals surface area contributed by atoms with E-state index in [9.17, 15) is 19.5 Å². The van der Waals surface area contributed by atoms with Crippen molar-refractivity contribution in [3.63, 3.8) is 0 Å². The summed E-state index contributed by atoms with van der Waals surface area (Å²) in [7, 11) is 1.49. The molecule has 9 nitrogen and oxygen atoms in total. The van der Waals surface area contributed by atoms with Gasteiger partial charge in [0.1, 0.15) is 18.9 Å². The minimum atomic E-state index is -1.36. The standard InChI is InChI=1S/C21H24N2O7/c1-3-29-18(24)13-23(22-21(27)30-14-15-7-5-4-6-8-15)19(20(25)26)16-9-11-17(28-2)12-10-16/h4-12,19H,3,13-14H2,1-2H3,(H,22,27)(H,25,26). The number of aliphatic carboxylic acids is 1. The summed E-state index contributed by atoms with van der Waals surface area (Å²) < 4.78 is 15.1. The van der Waals surface area contributed by atoms with Crippen LogP contribution in [-0.2, 0) is 25.7 Å². The molecule has 0 radical (unpaired) electrons. The van der Waals surface area contributed by atoms with Crippen molar-refractivity contribution in [2.24, 2.45) is 0 Å². The number of esters is 1.